The monoisotopic (exact) mass is 432 g/mol. The molecule has 0 aliphatic heterocycles. The largest absolute Gasteiger partial charge is 0.399 e. The van der Waals surface area contributed by atoms with Crippen molar-refractivity contribution in [2.24, 2.45) is 0 Å². The quantitative estimate of drug-likeness (QED) is 0.251. The van der Waals surface area contributed by atoms with Crippen LogP contribution in [0.1, 0.15) is 16.7 Å². The first-order chi connectivity index (χ1) is 15.2. The zero-order valence-electron chi connectivity index (χ0n) is 18.9. The second-order valence-corrected chi connectivity index (χ2v) is 7.12. The number of hydrogen-bond acceptors (Lipinski definition) is 4. The van der Waals surface area contributed by atoms with Gasteiger partial charge in [-0.25, -0.2) is 4.39 Å². The zero-order chi connectivity index (χ0) is 23.9. The predicted octanol–water partition coefficient (Wildman–Crippen LogP) is 6.14. The molecule has 0 aromatic heterocycles. The number of rotatable bonds is 0. The van der Waals surface area contributed by atoms with Gasteiger partial charge in [-0.1, -0.05) is 60.7 Å². The summed E-state index contributed by atoms with van der Waals surface area (Å²) < 4.78 is 12.1. The van der Waals surface area contributed by atoms with Gasteiger partial charge in [0.2, 0.25) is 0 Å². The first-order valence-electron chi connectivity index (χ1n) is 10.1. The molecule has 0 fully saturated rings. The van der Waals surface area contributed by atoms with Crippen molar-refractivity contribution in [3.8, 4) is 0 Å². The Morgan fingerprint density at radius 3 is 1.00 bits per heavy atom. The third kappa shape index (κ3) is 10.7. The Bertz CT molecular complexity index is 897. The van der Waals surface area contributed by atoms with Crippen LogP contribution in [0.25, 0.3) is 0 Å². The molecule has 0 radical (unpaired) electrons. The summed E-state index contributed by atoms with van der Waals surface area (Å²) >= 11 is 0. The van der Waals surface area contributed by atoms with Crippen LogP contribution in [0.4, 0.5) is 27.1 Å². The zero-order valence-corrected chi connectivity index (χ0v) is 18.9. The Kier molecular flexibility index (Phi) is 11.5. The van der Waals surface area contributed by atoms with E-state index in [1.165, 1.54) is 12.1 Å². The van der Waals surface area contributed by atoms with Gasteiger partial charge in [0.05, 0.1) is 0 Å². The van der Waals surface area contributed by atoms with Gasteiger partial charge in [0, 0.05) is 22.7 Å². The van der Waals surface area contributed by atoms with Gasteiger partial charge in [-0.3, -0.25) is 0 Å². The molecule has 0 saturated carbocycles. The fraction of sp³-hybridized carbons (Fsp3) is 0.111. The molecule has 4 nitrogen and oxygen atoms in total. The van der Waals surface area contributed by atoms with Gasteiger partial charge in [-0.15, -0.1) is 0 Å². The molecular formula is C27H33FN4. The van der Waals surface area contributed by atoms with Crippen molar-refractivity contribution in [2.75, 3.05) is 22.9 Å². The van der Waals surface area contributed by atoms with Crippen LogP contribution in [-0.2, 0) is 0 Å². The summed E-state index contributed by atoms with van der Waals surface area (Å²) in [7, 11) is 0. The molecule has 0 atom stereocenters. The summed E-state index contributed by atoms with van der Waals surface area (Å²) in [5.41, 5.74) is 28.3. The van der Waals surface area contributed by atoms with Gasteiger partial charge < -0.3 is 22.9 Å². The van der Waals surface area contributed by atoms with E-state index >= 15 is 0 Å². The Balaban J connectivity index is 0.000000213. The minimum absolute atomic E-state index is 0.287. The van der Waals surface area contributed by atoms with Crippen molar-refractivity contribution < 1.29 is 4.39 Å². The first-order valence-corrected chi connectivity index (χ1v) is 10.1. The molecule has 0 heterocycles. The third-order valence-electron chi connectivity index (χ3n) is 4.41. The summed E-state index contributed by atoms with van der Waals surface area (Å²) in [5, 5.41) is 0. The lowest BCUT2D eigenvalue weighted by Crippen LogP contribution is -1.85. The van der Waals surface area contributed by atoms with Crippen LogP contribution < -0.4 is 22.9 Å². The molecule has 4 aromatic rings. The van der Waals surface area contributed by atoms with E-state index in [0.29, 0.717) is 5.69 Å². The molecule has 32 heavy (non-hydrogen) atoms. The van der Waals surface area contributed by atoms with Gasteiger partial charge >= 0.3 is 0 Å². The highest BCUT2D eigenvalue weighted by Crippen LogP contribution is 2.08. The lowest BCUT2D eigenvalue weighted by Gasteiger charge is -1.93. The van der Waals surface area contributed by atoms with Crippen molar-refractivity contribution in [3.63, 3.8) is 0 Å². The molecule has 8 N–H and O–H groups in total. The van der Waals surface area contributed by atoms with E-state index in [0.717, 1.165) is 33.8 Å². The van der Waals surface area contributed by atoms with E-state index in [-0.39, 0.29) is 5.82 Å². The average Bonchev–Trinajstić information content (AvgIpc) is 2.76. The van der Waals surface area contributed by atoms with Crippen molar-refractivity contribution in [3.05, 3.63) is 120 Å². The lowest BCUT2D eigenvalue weighted by atomic mass is 10.2. The number of halogens is 1. The Morgan fingerprint density at radius 1 is 0.469 bits per heavy atom. The van der Waals surface area contributed by atoms with E-state index in [4.69, 9.17) is 22.9 Å². The summed E-state index contributed by atoms with van der Waals surface area (Å²) in [6.45, 7) is 5.99. The third-order valence-corrected chi connectivity index (χ3v) is 4.41. The van der Waals surface area contributed by atoms with E-state index in [1.807, 2.05) is 93.6 Å². The maximum absolute atomic E-state index is 12.1. The SMILES string of the molecule is Cc1ccccc1N.Cc1ccccc1N.Cc1ccccc1N.Nc1cccc(F)c1. The minimum atomic E-state index is -0.287. The number of nitrogen functional groups attached to an aromatic ring is 4. The molecule has 0 aliphatic rings. The standard InChI is InChI=1S/3C7H9N.C6H6FN/c3*1-6-4-2-3-5-7(6)8;7-5-2-1-3-6(8)4-5/h3*2-5H,8H2,1H3;1-4H,8H2. The molecule has 168 valence electrons. The fourth-order valence-electron chi connectivity index (χ4n) is 2.27. The Labute approximate surface area is 190 Å². The normalized spacial score (nSPS) is 9.12. The second kappa shape index (κ2) is 14.1. The van der Waals surface area contributed by atoms with Gasteiger partial charge in [0.1, 0.15) is 5.82 Å². The van der Waals surface area contributed by atoms with Gasteiger partial charge in [0.25, 0.3) is 0 Å². The van der Waals surface area contributed by atoms with Crippen molar-refractivity contribution >= 4 is 22.7 Å². The topological polar surface area (TPSA) is 104 Å². The molecular weight excluding hydrogens is 399 g/mol. The summed E-state index contributed by atoms with van der Waals surface area (Å²) in [6, 6.07) is 29.3. The van der Waals surface area contributed by atoms with Crippen LogP contribution in [0.3, 0.4) is 0 Å². The van der Waals surface area contributed by atoms with Crippen LogP contribution in [0.2, 0.25) is 0 Å². The number of para-hydroxylation sites is 3. The number of anilines is 4. The van der Waals surface area contributed by atoms with E-state index in [1.54, 1.807) is 12.1 Å². The maximum atomic E-state index is 12.1. The number of aryl methyl sites for hydroxylation is 3. The predicted molar refractivity (Wildman–Crippen MR) is 138 cm³/mol. The Morgan fingerprint density at radius 2 is 0.812 bits per heavy atom. The molecule has 4 rings (SSSR count). The summed E-state index contributed by atoms with van der Waals surface area (Å²) in [4.78, 5) is 0. The second-order valence-electron chi connectivity index (χ2n) is 7.12. The molecule has 0 amide bonds. The number of benzene rings is 4. The summed E-state index contributed by atoms with van der Waals surface area (Å²) in [6.07, 6.45) is 0. The fourth-order valence-corrected chi connectivity index (χ4v) is 2.27. The van der Waals surface area contributed by atoms with Crippen molar-refractivity contribution in [2.45, 2.75) is 20.8 Å². The minimum Gasteiger partial charge on any atom is -0.399 e. The van der Waals surface area contributed by atoms with Crippen LogP contribution in [0, 0.1) is 26.6 Å². The van der Waals surface area contributed by atoms with Gasteiger partial charge in [-0.05, 0) is 73.9 Å². The van der Waals surface area contributed by atoms with Crippen molar-refractivity contribution in [1.29, 1.82) is 0 Å². The van der Waals surface area contributed by atoms with Crippen LogP contribution >= 0.6 is 0 Å². The molecule has 0 spiro atoms. The number of nitrogens with two attached hydrogens (primary N) is 4. The lowest BCUT2D eigenvalue weighted by molar-refractivity contribution is 0.628. The highest BCUT2D eigenvalue weighted by atomic mass is 19.1. The van der Waals surface area contributed by atoms with Crippen LogP contribution in [0.15, 0.2) is 97.1 Å². The van der Waals surface area contributed by atoms with E-state index in [2.05, 4.69) is 0 Å². The molecule has 4 aromatic carbocycles. The first kappa shape index (κ1) is 26.0. The maximum Gasteiger partial charge on any atom is 0.125 e. The van der Waals surface area contributed by atoms with Gasteiger partial charge in [0.15, 0.2) is 0 Å². The number of hydrogen-bond donors (Lipinski definition) is 4. The highest BCUT2D eigenvalue weighted by molar-refractivity contribution is 5.46. The molecule has 0 aliphatic carbocycles. The van der Waals surface area contributed by atoms with Crippen LogP contribution in [0.5, 0.6) is 0 Å². The highest BCUT2D eigenvalue weighted by Gasteiger charge is 1.86. The van der Waals surface area contributed by atoms with Crippen LogP contribution in [-0.4, -0.2) is 0 Å². The average molecular weight is 433 g/mol. The molecule has 0 unspecified atom stereocenters. The van der Waals surface area contributed by atoms with Gasteiger partial charge in [-0.2, -0.15) is 0 Å². The molecule has 0 saturated heterocycles. The smallest absolute Gasteiger partial charge is 0.125 e. The van der Waals surface area contributed by atoms with Crippen molar-refractivity contribution in [1.82, 2.24) is 0 Å². The molecule has 0 bridgehead atoms. The van der Waals surface area contributed by atoms with E-state index in [9.17, 15) is 4.39 Å². The van der Waals surface area contributed by atoms with E-state index < -0.39 is 0 Å². The molecule has 5 heteroatoms. The Hall–Kier alpha value is -3.99. The summed E-state index contributed by atoms with van der Waals surface area (Å²) in [5.74, 6) is -0.287.